The van der Waals surface area contributed by atoms with Crippen molar-refractivity contribution in [1.82, 2.24) is 9.88 Å². The lowest BCUT2D eigenvalue weighted by Crippen LogP contribution is -2.44. The SMILES string of the molecule is CCCCN(C(=O)CN1C[C@H](c2ccc3c(c2)OCO3)[C@@H](C(=O)O)[C@@H]1CCc1ncco1)c1cccc(C[N+](C)(C)C)c1. The summed E-state index contributed by atoms with van der Waals surface area (Å²) in [7, 11) is 6.44. The molecule has 2 aromatic carbocycles. The number of nitrogens with zero attached hydrogens (tertiary/aromatic N) is 4. The number of aliphatic carboxylic acids is 1. The first-order valence-electron chi connectivity index (χ1n) is 15.1. The van der Waals surface area contributed by atoms with Crippen LogP contribution in [0.2, 0.25) is 0 Å². The molecule has 0 radical (unpaired) electrons. The molecular formula is C33H43N4O6+. The zero-order valence-corrected chi connectivity index (χ0v) is 25.6. The van der Waals surface area contributed by atoms with E-state index in [0.29, 0.717) is 43.3 Å². The predicted octanol–water partition coefficient (Wildman–Crippen LogP) is 4.54. The van der Waals surface area contributed by atoms with Crippen LogP contribution >= 0.6 is 0 Å². The third kappa shape index (κ3) is 7.37. The number of carboxylic acids is 1. The second kappa shape index (κ2) is 13.2. The van der Waals surface area contributed by atoms with Crippen LogP contribution in [-0.4, -0.2) is 85.0 Å². The number of likely N-dealkylation sites (tertiary alicyclic amines) is 1. The Morgan fingerprint density at radius 1 is 1.12 bits per heavy atom. The second-order valence-electron chi connectivity index (χ2n) is 12.6. The Hall–Kier alpha value is -3.89. The number of rotatable bonds is 13. The van der Waals surface area contributed by atoms with Crippen LogP contribution in [0.5, 0.6) is 11.5 Å². The van der Waals surface area contributed by atoms with Gasteiger partial charge >= 0.3 is 5.97 Å². The normalized spacial score (nSPS) is 20.0. The second-order valence-corrected chi connectivity index (χ2v) is 12.6. The minimum atomic E-state index is -0.883. The van der Waals surface area contributed by atoms with Gasteiger partial charge < -0.3 is 28.4 Å². The Morgan fingerprint density at radius 3 is 2.65 bits per heavy atom. The van der Waals surface area contributed by atoms with Gasteiger partial charge in [0.05, 0.1) is 39.8 Å². The van der Waals surface area contributed by atoms with Gasteiger partial charge in [0.15, 0.2) is 17.4 Å². The molecule has 0 spiro atoms. The molecule has 1 N–H and O–H groups in total. The van der Waals surface area contributed by atoms with Gasteiger partial charge in [0, 0.05) is 42.7 Å². The van der Waals surface area contributed by atoms with Crippen LogP contribution in [0.15, 0.2) is 59.3 Å². The van der Waals surface area contributed by atoms with Crippen LogP contribution in [0, 0.1) is 5.92 Å². The van der Waals surface area contributed by atoms with Gasteiger partial charge in [-0.15, -0.1) is 0 Å². The fraction of sp³-hybridized carbons (Fsp3) is 0.485. The quantitative estimate of drug-likeness (QED) is 0.289. The number of amides is 1. The number of benzene rings is 2. The minimum absolute atomic E-state index is 0.0348. The molecule has 3 heterocycles. The Kier molecular flexibility index (Phi) is 9.37. The topological polar surface area (TPSA) is 105 Å². The Balaban J connectivity index is 1.43. The van der Waals surface area contributed by atoms with E-state index in [-0.39, 0.29) is 31.2 Å². The number of aryl methyl sites for hydroxylation is 1. The van der Waals surface area contributed by atoms with E-state index in [1.54, 1.807) is 6.20 Å². The van der Waals surface area contributed by atoms with Crippen molar-refractivity contribution in [3.63, 3.8) is 0 Å². The molecule has 10 heteroatoms. The molecule has 1 saturated heterocycles. The standard InChI is InChI=1S/C33H42N4O6/c1-5-6-15-36(25-9-7-8-23(17-25)21-37(2,3)4)31(38)20-35-19-26(24-10-12-28-29(18-24)43-22-42-28)32(33(39)40)27(35)11-13-30-34-14-16-41-30/h7-10,12,14,16-18,26-27,32H,5-6,11,13,15,19-22H2,1-4H3/p+1/t26-,27+,32-/m1/s1. The van der Waals surface area contributed by atoms with Gasteiger partial charge in [-0.3, -0.25) is 14.5 Å². The van der Waals surface area contributed by atoms with Crippen molar-refractivity contribution in [3.8, 4) is 11.5 Å². The molecule has 2 aliphatic heterocycles. The average Bonchev–Trinajstić information content (AvgIpc) is 3.71. The summed E-state index contributed by atoms with van der Waals surface area (Å²) in [6.45, 7) is 4.26. The molecule has 10 nitrogen and oxygen atoms in total. The third-order valence-electron chi connectivity index (χ3n) is 8.25. The van der Waals surface area contributed by atoms with Gasteiger partial charge in [0.2, 0.25) is 12.7 Å². The number of carbonyl (C=O) groups is 2. The van der Waals surface area contributed by atoms with Crippen molar-refractivity contribution < 1.29 is 33.1 Å². The molecular weight excluding hydrogens is 548 g/mol. The predicted molar refractivity (Wildman–Crippen MR) is 162 cm³/mol. The van der Waals surface area contributed by atoms with Crippen LogP contribution in [-0.2, 0) is 22.6 Å². The largest absolute Gasteiger partial charge is 0.481 e. The molecule has 5 rings (SSSR count). The lowest BCUT2D eigenvalue weighted by Gasteiger charge is -2.30. The number of oxazole rings is 1. The molecule has 1 aromatic heterocycles. The maximum absolute atomic E-state index is 14.1. The van der Waals surface area contributed by atoms with Gasteiger partial charge in [-0.1, -0.05) is 31.5 Å². The van der Waals surface area contributed by atoms with Crippen molar-refractivity contribution in [1.29, 1.82) is 0 Å². The Morgan fingerprint density at radius 2 is 1.93 bits per heavy atom. The molecule has 0 unspecified atom stereocenters. The summed E-state index contributed by atoms with van der Waals surface area (Å²) in [5.74, 6) is -0.141. The summed E-state index contributed by atoms with van der Waals surface area (Å²) in [5, 5.41) is 10.5. The number of hydrogen-bond acceptors (Lipinski definition) is 7. The van der Waals surface area contributed by atoms with Crippen LogP contribution < -0.4 is 14.4 Å². The fourth-order valence-electron chi connectivity index (χ4n) is 6.33. The van der Waals surface area contributed by atoms with E-state index in [4.69, 9.17) is 13.9 Å². The van der Waals surface area contributed by atoms with Crippen LogP contribution in [0.3, 0.4) is 0 Å². The first-order chi connectivity index (χ1) is 20.6. The molecule has 230 valence electrons. The number of hydrogen-bond donors (Lipinski definition) is 1. The van der Waals surface area contributed by atoms with E-state index in [1.165, 1.54) is 6.26 Å². The van der Waals surface area contributed by atoms with Crippen LogP contribution in [0.25, 0.3) is 0 Å². The first-order valence-corrected chi connectivity index (χ1v) is 15.1. The van der Waals surface area contributed by atoms with Crippen molar-refractivity contribution in [3.05, 3.63) is 71.9 Å². The molecule has 2 aliphatic rings. The molecule has 0 aliphatic carbocycles. The third-order valence-corrected chi connectivity index (χ3v) is 8.25. The highest BCUT2D eigenvalue weighted by Crippen LogP contribution is 2.43. The minimum Gasteiger partial charge on any atom is -0.481 e. The summed E-state index contributed by atoms with van der Waals surface area (Å²) >= 11 is 0. The fourth-order valence-corrected chi connectivity index (χ4v) is 6.33. The number of carboxylic acid groups (broad SMARTS) is 1. The van der Waals surface area contributed by atoms with Crippen LogP contribution in [0.4, 0.5) is 5.69 Å². The van der Waals surface area contributed by atoms with Crippen molar-refractivity contribution >= 4 is 17.6 Å². The van der Waals surface area contributed by atoms with Crippen molar-refractivity contribution in [2.75, 3.05) is 52.5 Å². The highest BCUT2D eigenvalue weighted by Gasteiger charge is 2.47. The van der Waals surface area contributed by atoms with E-state index in [0.717, 1.165) is 40.7 Å². The Labute approximate surface area is 253 Å². The number of fused-ring (bicyclic) bond motifs is 1. The zero-order valence-electron chi connectivity index (χ0n) is 25.6. The molecule has 0 saturated carbocycles. The van der Waals surface area contributed by atoms with Gasteiger partial charge in [0.1, 0.15) is 12.8 Å². The van der Waals surface area contributed by atoms with Gasteiger partial charge in [-0.05, 0) is 42.7 Å². The van der Waals surface area contributed by atoms with Gasteiger partial charge in [-0.2, -0.15) is 0 Å². The molecule has 1 amide bonds. The zero-order chi connectivity index (χ0) is 30.6. The van der Waals surface area contributed by atoms with E-state index in [9.17, 15) is 14.7 Å². The summed E-state index contributed by atoms with van der Waals surface area (Å²) in [6, 6.07) is 13.5. The maximum atomic E-state index is 14.1. The summed E-state index contributed by atoms with van der Waals surface area (Å²) in [5.41, 5.74) is 2.91. The molecule has 3 atom stereocenters. The van der Waals surface area contributed by atoms with Gasteiger partial charge in [-0.25, -0.2) is 4.98 Å². The number of unbranched alkanes of at least 4 members (excludes halogenated alkanes) is 1. The molecule has 1 fully saturated rings. The average molecular weight is 592 g/mol. The van der Waals surface area contributed by atoms with Crippen molar-refractivity contribution in [2.45, 2.75) is 51.1 Å². The summed E-state index contributed by atoms with van der Waals surface area (Å²) in [6.07, 6.45) is 5.92. The number of ether oxygens (including phenoxy) is 2. The van der Waals surface area contributed by atoms with Crippen LogP contribution in [0.1, 0.15) is 49.1 Å². The maximum Gasteiger partial charge on any atom is 0.308 e. The van der Waals surface area contributed by atoms with E-state index < -0.39 is 11.9 Å². The summed E-state index contributed by atoms with van der Waals surface area (Å²) < 4.78 is 17.3. The lowest BCUT2D eigenvalue weighted by molar-refractivity contribution is -0.884. The van der Waals surface area contributed by atoms with Crippen molar-refractivity contribution in [2.24, 2.45) is 5.92 Å². The number of quaternary nitrogens is 1. The van der Waals surface area contributed by atoms with E-state index in [2.05, 4.69) is 45.2 Å². The van der Waals surface area contributed by atoms with E-state index >= 15 is 0 Å². The number of aromatic nitrogens is 1. The molecule has 43 heavy (non-hydrogen) atoms. The summed E-state index contributed by atoms with van der Waals surface area (Å²) in [4.78, 5) is 35.1. The molecule has 0 bridgehead atoms. The monoisotopic (exact) mass is 591 g/mol. The Bertz CT molecular complexity index is 1400. The number of carbonyl (C=O) groups excluding carboxylic acids is 1. The number of anilines is 1. The first kappa shape index (κ1) is 30.6. The highest BCUT2D eigenvalue weighted by atomic mass is 16.7. The molecule has 3 aromatic rings. The van der Waals surface area contributed by atoms with Gasteiger partial charge in [0.25, 0.3) is 0 Å². The highest BCUT2D eigenvalue weighted by molar-refractivity contribution is 5.95. The lowest BCUT2D eigenvalue weighted by atomic mass is 9.83. The smallest absolute Gasteiger partial charge is 0.308 e. The van der Waals surface area contributed by atoms with E-state index in [1.807, 2.05) is 40.1 Å².